The number of nitrogens with one attached hydrogen (secondary N) is 1. The Labute approximate surface area is 82.8 Å². The number of nitrogens with zero attached hydrogens (tertiary/aromatic N) is 1. The van der Waals surface area contributed by atoms with E-state index >= 15 is 0 Å². The highest BCUT2D eigenvalue weighted by molar-refractivity contribution is 7.09. The monoisotopic (exact) mass is 200 g/mol. The van der Waals surface area contributed by atoms with Crippen LogP contribution in [0.15, 0.2) is 11.7 Å². The van der Waals surface area contributed by atoms with Crippen LogP contribution in [-0.4, -0.2) is 29.3 Å². The average Bonchev–Trinajstić information content (AvgIpc) is 2.52. The van der Waals surface area contributed by atoms with E-state index in [4.69, 9.17) is 0 Å². The number of hydrogen-bond donors (Lipinski definition) is 2. The fourth-order valence-electron chi connectivity index (χ4n) is 1.19. The second-order valence-electron chi connectivity index (χ2n) is 3.50. The van der Waals surface area contributed by atoms with Crippen LogP contribution in [0.4, 0.5) is 0 Å². The van der Waals surface area contributed by atoms with E-state index in [0.29, 0.717) is 6.42 Å². The summed E-state index contributed by atoms with van der Waals surface area (Å²) >= 11 is 1.59. The zero-order chi connectivity index (χ0) is 9.73. The summed E-state index contributed by atoms with van der Waals surface area (Å²) in [7, 11) is 1.89. The van der Waals surface area contributed by atoms with Gasteiger partial charge in [-0.05, 0) is 26.9 Å². The molecule has 1 rings (SSSR count). The van der Waals surface area contributed by atoms with Crippen LogP contribution in [-0.2, 0) is 6.42 Å². The van der Waals surface area contributed by atoms with Crippen LogP contribution >= 0.6 is 11.3 Å². The van der Waals surface area contributed by atoms with Gasteiger partial charge in [-0.1, -0.05) is 0 Å². The summed E-state index contributed by atoms with van der Waals surface area (Å²) in [6.07, 6.45) is 3.28. The van der Waals surface area contributed by atoms with E-state index in [0.717, 1.165) is 17.8 Å². The standard InChI is InChI=1S/C9H16N2OS/c1-9(12,3-4-10-2)5-8-6-11-7-13-8/h6-7,10,12H,3-5H2,1-2H3. The normalized spacial score (nSPS) is 15.6. The van der Waals surface area contributed by atoms with Crippen LogP contribution in [0.2, 0.25) is 0 Å². The van der Waals surface area contributed by atoms with Crippen LogP contribution < -0.4 is 5.32 Å². The highest BCUT2D eigenvalue weighted by Gasteiger charge is 2.20. The molecule has 0 fully saturated rings. The Morgan fingerprint density at radius 2 is 2.46 bits per heavy atom. The molecule has 0 amide bonds. The van der Waals surface area contributed by atoms with Gasteiger partial charge in [-0.15, -0.1) is 11.3 Å². The Bertz CT molecular complexity index is 234. The highest BCUT2D eigenvalue weighted by atomic mass is 32.1. The van der Waals surface area contributed by atoms with Crippen molar-refractivity contribution in [2.24, 2.45) is 0 Å². The van der Waals surface area contributed by atoms with Crippen molar-refractivity contribution in [3.8, 4) is 0 Å². The second kappa shape index (κ2) is 4.69. The lowest BCUT2D eigenvalue weighted by molar-refractivity contribution is 0.0528. The van der Waals surface area contributed by atoms with Crippen LogP contribution in [0.3, 0.4) is 0 Å². The minimum atomic E-state index is -0.616. The van der Waals surface area contributed by atoms with Crippen LogP contribution in [0, 0.1) is 0 Å². The van der Waals surface area contributed by atoms with Gasteiger partial charge in [-0.2, -0.15) is 0 Å². The van der Waals surface area contributed by atoms with Gasteiger partial charge in [0.15, 0.2) is 0 Å². The van der Waals surface area contributed by atoms with Crippen molar-refractivity contribution >= 4 is 11.3 Å². The fourth-order valence-corrected chi connectivity index (χ4v) is 1.96. The molecule has 0 aromatic carbocycles. The molecule has 0 radical (unpaired) electrons. The summed E-state index contributed by atoms with van der Waals surface area (Å²) < 4.78 is 0. The van der Waals surface area contributed by atoms with Crippen LogP contribution in [0.5, 0.6) is 0 Å². The first-order valence-electron chi connectivity index (χ1n) is 4.38. The molecule has 1 aromatic heterocycles. The van der Waals surface area contributed by atoms with Gasteiger partial charge in [-0.3, -0.25) is 4.98 Å². The van der Waals surface area contributed by atoms with Gasteiger partial charge in [0.1, 0.15) is 0 Å². The Morgan fingerprint density at radius 3 is 3.00 bits per heavy atom. The molecule has 0 aliphatic carbocycles. The fraction of sp³-hybridized carbons (Fsp3) is 0.667. The molecule has 4 heteroatoms. The van der Waals surface area contributed by atoms with E-state index in [9.17, 15) is 5.11 Å². The van der Waals surface area contributed by atoms with E-state index in [1.807, 2.05) is 20.2 Å². The predicted octanol–water partition coefficient (Wildman–Crippen LogP) is 1.05. The lowest BCUT2D eigenvalue weighted by Crippen LogP contribution is -2.30. The van der Waals surface area contributed by atoms with Gasteiger partial charge >= 0.3 is 0 Å². The average molecular weight is 200 g/mol. The molecule has 13 heavy (non-hydrogen) atoms. The van der Waals surface area contributed by atoms with Gasteiger partial charge in [-0.25, -0.2) is 0 Å². The summed E-state index contributed by atoms with van der Waals surface area (Å²) in [4.78, 5) is 5.12. The maximum Gasteiger partial charge on any atom is 0.0794 e. The molecule has 3 nitrogen and oxygen atoms in total. The van der Waals surface area contributed by atoms with E-state index in [1.54, 1.807) is 16.8 Å². The van der Waals surface area contributed by atoms with Gasteiger partial charge < -0.3 is 10.4 Å². The molecular formula is C9H16N2OS. The number of aliphatic hydroxyl groups is 1. The Balaban J connectivity index is 2.42. The first-order valence-corrected chi connectivity index (χ1v) is 5.26. The number of thiazole rings is 1. The molecule has 1 atom stereocenters. The molecule has 1 heterocycles. The predicted molar refractivity (Wildman–Crippen MR) is 55.0 cm³/mol. The Hall–Kier alpha value is -0.450. The maximum absolute atomic E-state index is 9.96. The van der Waals surface area contributed by atoms with Gasteiger partial charge in [0.25, 0.3) is 0 Å². The Morgan fingerprint density at radius 1 is 1.69 bits per heavy atom. The SMILES string of the molecule is CNCCC(C)(O)Cc1cncs1. The molecule has 1 aromatic rings. The van der Waals surface area contributed by atoms with Crippen molar-refractivity contribution in [2.45, 2.75) is 25.4 Å². The highest BCUT2D eigenvalue weighted by Crippen LogP contribution is 2.18. The topological polar surface area (TPSA) is 45.1 Å². The first-order chi connectivity index (χ1) is 6.14. The zero-order valence-electron chi connectivity index (χ0n) is 8.08. The summed E-state index contributed by atoms with van der Waals surface area (Å²) in [5, 5.41) is 13.0. The van der Waals surface area contributed by atoms with E-state index in [1.165, 1.54) is 0 Å². The van der Waals surface area contributed by atoms with Crippen molar-refractivity contribution in [3.63, 3.8) is 0 Å². The summed E-state index contributed by atoms with van der Waals surface area (Å²) in [6.45, 7) is 2.70. The van der Waals surface area contributed by atoms with Crippen molar-refractivity contribution in [3.05, 3.63) is 16.6 Å². The molecule has 1 unspecified atom stereocenters. The van der Waals surface area contributed by atoms with Crippen LogP contribution in [0.25, 0.3) is 0 Å². The molecule has 0 aliphatic heterocycles. The van der Waals surface area contributed by atoms with Crippen molar-refractivity contribution in [1.29, 1.82) is 0 Å². The number of hydrogen-bond acceptors (Lipinski definition) is 4. The van der Waals surface area contributed by atoms with Crippen molar-refractivity contribution in [2.75, 3.05) is 13.6 Å². The van der Waals surface area contributed by atoms with E-state index < -0.39 is 5.60 Å². The lowest BCUT2D eigenvalue weighted by Gasteiger charge is -2.21. The molecule has 0 spiro atoms. The first kappa shape index (κ1) is 10.6. The molecule has 0 bridgehead atoms. The lowest BCUT2D eigenvalue weighted by atomic mass is 9.98. The van der Waals surface area contributed by atoms with Gasteiger partial charge in [0.2, 0.25) is 0 Å². The quantitative estimate of drug-likeness (QED) is 0.746. The van der Waals surface area contributed by atoms with Gasteiger partial charge in [0, 0.05) is 17.5 Å². The minimum Gasteiger partial charge on any atom is -0.390 e. The van der Waals surface area contributed by atoms with Crippen molar-refractivity contribution in [1.82, 2.24) is 10.3 Å². The van der Waals surface area contributed by atoms with E-state index in [-0.39, 0.29) is 0 Å². The summed E-state index contributed by atoms with van der Waals surface area (Å²) in [5.41, 5.74) is 1.18. The smallest absolute Gasteiger partial charge is 0.0794 e. The van der Waals surface area contributed by atoms with Crippen molar-refractivity contribution < 1.29 is 5.11 Å². The molecular weight excluding hydrogens is 184 g/mol. The number of rotatable bonds is 5. The third-order valence-electron chi connectivity index (χ3n) is 1.95. The maximum atomic E-state index is 9.96. The molecule has 0 aliphatic rings. The third-order valence-corrected chi connectivity index (χ3v) is 2.73. The zero-order valence-corrected chi connectivity index (χ0v) is 8.90. The molecule has 74 valence electrons. The minimum absolute atomic E-state index is 0.616. The largest absolute Gasteiger partial charge is 0.390 e. The van der Waals surface area contributed by atoms with Crippen LogP contribution in [0.1, 0.15) is 18.2 Å². The van der Waals surface area contributed by atoms with Gasteiger partial charge in [0.05, 0.1) is 11.1 Å². The number of aromatic nitrogens is 1. The van der Waals surface area contributed by atoms with E-state index in [2.05, 4.69) is 10.3 Å². The second-order valence-corrected chi connectivity index (χ2v) is 4.47. The summed E-state index contributed by atoms with van der Waals surface area (Å²) in [6, 6.07) is 0. The summed E-state index contributed by atoms with van der Waals surface area (Å²) in [5.74, 6) is 0. The molecule has 2 N–H and O–H groups in total. The molecule has 0 saturated heterocycles. The molecule has 0 saturated carbocycles. The Kier molecular flexibility index (Phi) is 3.84. The third kappa shape index (κ3) is 3.85.